The number of carboxylic acid groups (broad SMARTS) is 1. The number of hydrogen-bond acceptors (Lipinski definition) is 3. The van der Waals surface area contributed by atoms with Gasteiger partial charge in [-0.1, -0.05) is 6.92 Å². The van der Waals surface area contributed by atoms with Gasteiger partial charge in [0.2, 0.25) is 5.91 Å². The van der Waals surface area contributed by atoms with Gasteiger partial charge in [0, 0.05) is 18.2 Å². The second kappa shape index (κ2) is 5.39. The van der Waals surface area contributed by atoms with Crippen molar-refractivity contribution >= 4 is 24.5 Å². The van der Waals surface area contributed by atoms with Crippen molar-refractivity contribution in [2.75, 3.05) is 12.3 Å². The van der Waals surface area contributed by atoms with E-state index in [0.717, 1.165) is 6.42 Å². The zero-order valence-electron chi connectivity index (χ0n) is 8.85. The fraction of sp³-hybridized carbons (Fsp3) is 0.800. The van der Waals surface area contributed by atoms with Crippen LogP contribution in [0, 0.1) is 5.92 Å². The summed E-state index contributed by atoms with van der Waals surface area (Å²) in [4.78, 5) is 24.3. The number of amides is 1. The summed E-state index contributed by atoms with van der Waals surface area (Å²) in [6, 6.07) is -0.619. The van der Waals surface area contributed by atoms with Crippen LogP contribution in [0.1, 0.15) is 26.2 Å². The largest absolute Gasteiger partial charge is 0.480 e. The molecule has 1 heterocycles. The third-order valence-corrected chi connectivity index (χ3v) is 3.32. The number of thiol groups is 1. The van der Waals surface area contributed by atoms with Gasteiger partial charge in [0.25, 0.3) is 0 Å². The summed E-state index contributed by atoms with van der Waals surface area (Å²) in [5.41, 5.74) is 0. The SMILES string of the molecule is CCC(CS)C(=O)N1CCC[C@H]1C(=O)O. The summed E-state index contributed by atoms with van der Waals surface area (Å²) in [5, 5.41) is 8.95. The van der Waals surface area contributed by atoms with Gasteiger partial charge in [0.05, 0.1) is 0 Å². The molecular formula is C10H17NO3S. The highest BCUT2D eigenvalue weighted by atomic mass is 32.1. The monoisotopic (exact) mass is 231 g/mol. The second-order valence-electron chi connectivity index (χ2n) is 3.82. The van der Waals surface area contributed by atoms with E-state index in [1.807, 2.05) is 6.92 Å². The lowest BCUT2D eigenvalue weighted by atomic mass is 10.1. The van der Waals surface area contributed by atoms with Crippen LogP contribution in [0.4, 0.5) is 0 Å². The Labute approximate surface area is 95.1 Å². The molecule has 0 aromatic heterocycles. The lowest BCUT2D eigenvalue weighted by Crippen LogP contribution is -2.43. The molecule has 0 aliphatic carbocycles. The van der Waals surface area contributed by atoms with Crippen molar-refractivity contribution in [3.05, 3.63) is 0 Å². The third-order valence-electron chi connectivity index (χ3n) is 2.88. The van der Waals surface area contributed by atoms with Crippen LogP contribution in [-0.4, -0.2) is 40.2 Å². The molecular weight excluding hydrogens is 214 g/mol. The molecule has 15 heavy (non-hydrogen) atoms. The molecule has 2 atom stereocenters. The van der Waals surface area contributed by atoms with Crippen LogP contribution in [0.2, 0.25) is 0 Å². The number of rotatable bonds is 4. The number of hydrogen-bond donors (Lipinski definition) is 2. The summed E-state index contributed by atoms with van der Waals surface area (Å²) >= 11 is 4.11. The predicted molar refractivity (Wildman–Crippen MR) is 60.0 cm³/mol. The van der Waals surface area contributed by atoms with E-state index in [9.17, 15) is 9.59 Å². The van der Waals surface area contributed by atoms with Crippen LogP contribution < -0.4 is 0 Å². The van der Waals surface area contributed by atoms with Crippen molar-refractivity contribution in [1.29, 1.82) is 0 Å². The molecule has 5 heteroatoms. The molecule has 1 unspecified atom stereocenters. The lowest BCUT2D eigenvalue weighted by molar-refractivity contribution is -0.149. The molecule has 0 saturated carbocycles. The maximum absolute atomic E-state index is 11.9. The van der Waals surface area contributed by atoms with Crippen molar-refractivity contribution in [3.8, 4) is 0 Å². The molecule has 0 bridgehead atoms. The lowest BCUT2D eigenvalue weighted by Gasteiger charge is -2.25. The minimum atomic E-state index is -0.894. The van der Waals surface area contributed by atoms with Crippen molar-refractivity contribution in [1.82, 2.24) is 4.90 Å². The normalized spacial score (nSPS) is 22.8. The van der Waals surface area contributed by atoms with E-state index in [1.54, 1.807) is 0 Å². The van der Waals surface area contributed by atoms with Gasteiger partial charge in [0.1, 0.15) is 6.04 Å². The molecule has 1 saturated heterocycles. The first-order valence-corrected chi connectivity index (χ1v) is 5.89. The van der Waals surface area contributed by atoms with E-state index in [4.69, 9.17) is 5.11 Å². The number of carbonyl (C=O) groups is 2. The van der Waals surface area contributed by atoms with Gasteiger partial charge in [-0.15, -0.1) is 0 Å². The first kappa shape index (κ1) is 12.4. The van der Waals surface area contributed by atoms with Crippen molar-refractivity contribution in [2.24, 2.45) is 5.92 Å². The van der Waals surface area contributed by atoms with E-state index in [2.05, 4.69) is 12.6 Å². The van der Waals surface area contributed by atoms with Crippen LogP contribution in [0.5, 0.6) is 0 Å². The smallest absolute Gasteiger partial charge is 0.326 e. The number of carbonyl (C=O) groups excluding carboxylic acids is 1. The number of nitrogens with zero attached hydrogens (tertiary/aromatic N) is 1. The van der Waals surface area contributed by atoms with E-state index in [1.165, 1.54) is 4.90 Å². The Morgan fingerprint density at radius 3 is 2.73 bits per heavy atom. The number of likely N-dealkylation sites (tertiary alicyclic amines) is 1. The molecule has 1 amide bonds. The maximum atomic E-state index is 11.9. The average Bonchev–Trinajstić information content (AvgIpc) is 2.67. The average molecular weight is 231 g/mol. The first-order valence-electron chi connectivity index (χ1n) is 5.26. The van der Waals surface area contributed by atoms with Crippen LogP contribution >= 0.6 is 12.6 Å². The zero-order valence-corrected chi connectivity index (χ0v) is 9.74. The summed E-state index contributed by atoms with van der Waals surface area (Å²) in [6.07, 6.45) is 2.07. The van der Waals surface area contributed by atoms with Gasteiger partial charge in [-0.2, -0.15) is 12.6 Å². The van der Waals surface area contributed by atoms with Gasteiger partial charge >= 0.3 is 5.97 Å². The fourth-order valence-electron chi connectivity index (χ4n) is 1.90. The summed E-state index contributed by atoms with van der Waals surface area (Å²) < 4.78 is 0. The molecule has 1 N–H and O–H groups in total. The van der Waals surface area contributed by atoms with E-state index in [-0.39, 0.29) is 11.8 Å². The van der Waals surface area contributed by atoms with Crippen LogP contribution in [0.25, 0.3) is 0 Å². The Morgan fingerprint density at radius 2 is 2.27 bits per heavy atom. The fourth-order valence-corrected chi connectivity index (χ4v) is 2.32. The van der Waals surface area contributed by atoms with Gasteiger partial charge in [-0.3, -0.25) is 4.79 Å². The van der Waals surface area contributed by atoms with Gasteiger partial charge in [0.15, 0.2) is 0 Å². The minimum Gasteiger partial charge on any atom is -0.480 e. The molecule has 0 spiro atoms. The third kappa shape index (κ3) is 2.65. The van der Waals surface area contributed by atoms with Crippen LogP contribution in [0.15, 0.2) is 0 Å². The predicted octanol–water partition coefficient (Wildman–Crippen LogP) is 1.02. The summed E-state index contributed by atoms with van der Waals surface area (Å²) in [5.74, 6) is -0.612. The quantitative estimate of drug-likeness (QED) is 0.710. The molecule has 4 nitrogen and oxygen atoms in total. The Bertz CT molecular complexity index is 253. The van der Waals surface area contributed by atoms with Gasteiger partial charge in [-0.25, -0.2) is 4.79 Å². The van der Waals surface area contributed by atoms with Crippen LogP contribution in [0.3, 0.4) is 0 Å². The first-order chi connectivity index (χ1) is 7.11. The standard InChI is InChI=1S/C10H17NO3S/c1-2-7(6-15)9(12)11-5-3-4-8(11)10(13)14/h7-8,15H,2-6H2,1H3,(H,13,14)/t7?,8-/m0/s1. The summed E-state index contributed by atoms with van der Waals surface area (Å²) in [7, 11) is 0. The van der Waals surface area contributed by atoms with E-state index >= 15 is 0 Å². The van der Waals surface area contributed by atoms with Gasteiger partial charge in [-0.05, 0) is 19.3 Å². The Balaban J connectivity index is 2.69. The van der Waals surface area contributed by atoms with Crippen molar-refractivity contribution < 1.29 is 14.7 Å². The minimum absolute atomic E-state index is 0.0580. The molecule has 1 fully saturated rings. The molecule has 1 aliphatic heterocycles. The summed E-state index contributed by atoms with van der Waals surface area (Å²) in [6.45, 7) is 2.49. The van der Waals surface area contributed by atoms with Crippen molar-refractivity contribution in [2.45, 2.75) is 32.2 Å². The molecule has 0 aromatic rings. The molecule has 1 rings (SSSR count). The number of carboxylic acids is 1. The Kier molecular flexibility index (Phi) is 4.45. The van der Waals surface area contributed by atoms with E-state index < -0.39 is 12.0 Å². The Hall–Kier alpha value is -0.710. The zero-order chi connectivity index (χ0) is 11.4. The maximum Gasteiger partial charge on any atom is 0.326 e. The topological polar surface area (TPSA) is 57.6 Å². The molecule has 1 aliphatic rings. The second-order valence-corrected chi connectivity index (χ2v) is 4.18. The highest BCUT2D eigenvalue weighted by Gasteiger charge is 2.35. The molecule has 0 aromatic carbocycles. The Morgan fingerprint density at radius 1 is 1.60 bits per heavy atom. The molecule has 86 valence electrons. The van der Waals surface area contributed by atoms with Crippen LogP contribution in [-0.2, 0) is 9.59 Å². The highest BCUT2D eigenvalue weighted by molar-refractivity contribution is 7.80. The number of aliphatic carboxylic acids is 1. The van der Waals surface area contributed by atoms with Gasteiger partial charge < -0.3 is 10.0 Å². The highest BCUT2D eigenvalue weighted by Crippen LogP contribution is 2.21. The van der Waals surface area contributed by atoms with E-state index in [0.29, 0.717) is 25.1 Å². The molecule has 0 radical (unpaired) electrons. The van der Waals surface area contributed by atoms with Crippen molar-refractivity contribution in [3.63, 3.8) is 0 Å².